The molecular weight excluding hydrogens is 345 g/mol. The standard InChI is InChI=1S/C18H17F3N4O/c1-10-7-14(15-11(2)24-25(3)16(15)23-10)17(26)22-9-12-5-4-6-13(8-12)18(19,20)21/h4-8H,9H2,1-3H3,(H,22,26). The van der Waals surface area contributed by atoms with Crippen LogP contribution in [-0.2, 0) is 19.8 Å². The summed E-state index contributed by atoms with van der Waals surface area (Å²) in [5.41, 5.74) is 1.95. The fraction of sp³-hybridized carbons (Fsp3) is 0.278. The number of aromatic nitrogens is 3. The molecule has 0 saturated carbocycles. The first-order chi connectivity index (χ1) is 12.2. The van der Waals surface area contributed by atoms with Gasteiger partial charge in [0.05, 0.1) is 22.2 Å². The molecule has 26 heavy (non-hydrogen) atoms. The summed E-state index contributed by atoms with van der Waals surface area (Å²) in [4.78, 5) is 17.0. The lowest BCUT2D eigenvalue weighted by Crippen LogP contribution is -2.23. The van der Waals surface area contributed by atoms with Crippen LogP contribution in [0.2, 0.25) is 0 Å². The van der Waals surface area contributed by atoms with Gasteiger partial charge in [-0.3, -0.25) is 9.48 Å². The smallest absolute Gasteiger partial charge is 0.348 e. The third-order valence-electron chi connectivity index (χ3n) is 4.05. The van der Waals surface area contributed by atoms with Gasteiger partial charge in [0.1, 0.15) is 0 Å². The SMILES string of the molecule is Cc1cc(C(=O)NCc2cccc(C(F)(F)F)c2)c2c(C)nn(C)c2n1. The topological polar surface area (TPSA) is 59.8 Å². The number of carbonyl (C=O) groups excluding carboxylic acids is 1. The Morgan fingerprint density at radius 1 is 1.23 bits per heavy atom. The van der Waals surface area contributed by atoms with E-state index in [1.165, 1.54) is 12.1 Å². The number of pyridine rings is 1. The molecule has 0 radical (unpaired) electrons. The molecular formula is C18H17F3N4O. The van der Waals surface area contributed by atoms with E-state index in [0.29, 0.717) is 33.5 Å². The molecule has 0 bridgehead atoms. The van der Waals surface area contributed by atoms with Crippen molar-refractivity contribution in [2.75, 3.05) is 0 Å². The van der Waals surface area contributed by atoms with Crippen LogP contribution in [0.3, 0.4) is 0 Å². The summed E-state index contributed by atoms with van der Waals surface area (Å²) in [5.74, 6) is -0.381. The van der Waals surface area contributed by atoms with Crippen molar-refractivity contribution in [2.45, 2.75) is 26.6 Å². The summed E-state index contributed by atoms with van der Waals surface area (Å²) in [5, 5.41) is 7.60. The molecule has 0 unspecified atom stereocenters. The summed E-state index contributed by atoms with van der Waals surface area (Å²) in [6.45, 7) is 3.54. The number of hydrogen-bond acceptors (Lipinski definition) is 3. The Kier molecular flexibility index (Phi) is 4.43. The molecule has 3 rings (SSSR count). The predicted molar refractivity (Wildman–Crippen MR) is 90.6 cm³/mol. The molecule has 1 aromatic carbocycles. The number of fused-ring (bicyclic) bond motifs is 1. The van der Waals surface area contributed by atoms with Crippen molar-refractivity contribution in [3.05, 3.63) is 58.4 Å². The van der Waals surface area contributed by atoms with Crippen molar-refractivity contribution in [3.63, 3.8) is 0 Å². The number of carbonyl (C=O) groups is 1. The fourth-order valence-electron chi connectivity index (χ4n) is 2.88. The molecule has 5 nitrogen and oxygen atoms in total. The monoisotopic (exact) mass is 362 g/mol. The van der Waals surface area contributed by atoms with E-state index in [-0.39, 0.29) is 12.5 Å². The number of nitrogens with zero attached hydrogens (tertiary/aromatic N) is 3. The highest BCUT2D eigenvalue weighted by atomic mass is 19.4. The van der Waals surface area contributed by atoms with Gasteiger partial charge in [0.2, 0.25) is 0 Å². The third kappa shape index (κ3) is 3.40. The van der Waals surface area contributed by atoms with E-state index in [1.54, 1.807) is 31.6 Å². The molecule has 0 aliphatic heterocycles. The van der Waals surface area contributed by atoms with Crippen LogP contribution in [0.5, 0.6) is 0 Å². The predicted octanol–water partition coefficient (Wildman–Crippen LogP) is 3.53. The van der Waals surface area contributed by atoms with E-state index in [0.717, 1.165) is 12.1 Å². The fourth-order valence-corrected chi connectivity index (χ4v) is 2.88. The molecule has 0 aliphatic rings. The Balaban J connectivity index is 1.87. The van der Waals surface area contributed by atoms with Crippen molar-refractivity contribution in [2.24, 2.45) is 7.05 Å². The summed E-state index contributed by atoms with van der Waals surface area (Å²) in [7, 11) is 1.74. The first kappa shape index (κ1) is 17.9. The van der Waals surface area contributed by atoms with E-state index in [9.17, 15) is 18.0 Å². The van der Waals surface area contributed by atoms with Crippen molar-refractivity contribution in [3.8, 4) is 0 Å². The molecule has 2 heterocycles. The van der Waals surface area contributed by atoms with Gasteiger partial charge in [-0.25, -0.2) is 4.98 Å². The van der Waals surface area contributed by atoms with Gasteiger partial charge in [-0.05, 0) is 37.6 Å². The lowest BCUT2D eigenvalue weighted by atomic mass is 10.1. The number of alkyl halides is 3. The normalized spacial score (nSPS) is 11.8. The van der Waals surface area contributed by atoms with Crippen LogP contribution in [0.15, 0.2) is 30.3 Å². The lowest BCUT2D eigenvalue weighted by molar-refractivity contribution is -0.137. The van der Waals surface area contributed by atoms with Crippen molar-refractivity contribution in [1.29, 1.82) is 0 Å². The van der Waals surface area contributed by atoms with Crippen LogP contribution in [-0.4, -0.2) is 20.7 Å². The zero-order valence-electron chi connectivity index (χ0n) is 14.5. The molecule has 0 spiro atoms. The zero-order valence-corrected chi connectivity index (χ0v) is 14.5. The van der Waals surface area contributed by atoms with Gasteiger partial charge < -0.3 is 5.32 Å². The van der Waals surface area contributed by atoms with Gasteiger partial charge in [0, 0.05) is 19.3 Å². The molecule has 136 valence electrons. The average Bonchev–Trinajstić information content (AvgIpc) is 2.85. The molecule has 0 saturated heterocycles. The number of halogens is 3. The van der Waals surface area contributed by atoms with Crippen LogP contribution < -0.4 is 5.32 Å². The molecule has 0 fully saturated rings. The van der Waals surface area contributed by atoms with Crippen molar-refractivity contribution < 1.29 is 18.0 Å². The molecule has 1 amide bonds. The Morgan fingerprint density at radius 3 is 2.65 bits per heavy atom. The molecule has 8 heteroatoms. The summed E-state index contributed by atoms with van der Waals surface area (Å²) >= 11 is 0. The molecule has 0 atom stereocenters. The first-order valence-electron chi connectivity index (χ1n) is 7.92. The van der Waals surface area contributed by atoms with Gasteiger partial charge >= 0.3 is 6.18 Å². The Hall–Kier alpha value is -2.90. The van der Waals surface area contributed by atoms with Crippen LogP contribution in [0.25, 0.3) is 11.0 Å². The Bertz CT molecular complexity index is 992. The summed E-state index contributed by atoms with van der Waals surface area (Å²) < 4.78 is 40.0. The number of benzene rings is 1. The van der Waals surface area contributed by atoms with E-state index < -0.39 is 11.7 Å². The summed E-state index contributed by atoms with van der Waals surface area (Å²) in [6, 6.07) is 6.55. The number of nitrogens with one attached hydrogen (secondary N) is 1. The highest BCUT2D eigenvalue weighted by Gasteiger charge is 2.30. The highest BCUT2D eigenvalue weighted by Crippen LogP contribution is 2.29. The van der Waals surface area contributed by atoms with E-state index in [4.69, 9.17) is 0 Å². The van der Waals surface area contributed by atoms with Crippen LogP contribution in [0.4, 0.5) is 13.2 Å². The third-order valence-corrected chi connectivity index (χ3v) is 4.05. The van der Waals surface area contributed by atoms with Gasteiger partial charge in [0.25, 0.3) is 5.91 Å². The Labute approximate surface area is 147 Å². The van der Waals surface area contributed by atoms with Gasteiger partial charge in [-0.2, -0.15) is 18.3 Å². The summed E-state index contributed by atoms with van der Waals surface area (Å²) in [6.07, 6.45) is -4.42. The molecule has 2 aromatic heterocycles. The molecule has 3 aromatic rings. The lowest BCUT2D eigenvalue weighted by Gasteiger charge is -2.10. The number of rotatable bonds is 3. The molecule has 0 aliphatic carbocycles. The largest absolute Gasteiger partial charge is 0.416 e. The zero-order chi connectivity index (χ0) is 19.1. The average molecular weight is 362 g/mol. The maximum Gasteiger partial charge on any atom is 0.416 e. The number of aryl methyl sites for hydroxylation is 3. The van der Waals surface area contributed by atoms with Crippen molar-refractivity contribution in [1.82, 2.24) is 20.1 Å². The van der Waals surface area contributed by atoms with Gasteiger partial charge in [-0.15, -0.1) is 0 Å². The first-order valence-corrected chi connectivity index (χ1v) is 7.92. The Morgan fingerprint density at radius 2 is 1.96 bits per heavy atom. The number of amides is 1. The second-order valence-corrected chi connectivity index (χ2v) is 6.10. The minimum absolute atomic E-state index is 0.00900. The van der Waals surface area contributed by atoms with Gasteiger partial charge in [0.15, 0.2) is 5.65 Å². The maximum atomic E-state index is 12.8. The molecule has 1 N–H and O–H groups in total. The van der Waals surface area contributed by atoms with Crippen LogP contribution in [0.1, 0.15) is 32.9 Å². The van der Waals surface area contributed by atoms with Crippen LogP contribution in [0, 0.1) is 13.8 Å². The minimum atomic E-state index is -4.42. The maximum absolute atomic E-state index is 12.8. The second kappa shape index (κ2) is 6.44. The highest BCUT2D eigenvalue weighted by molar-refractivity contribution is 6.06. The van der Waals surface area contributed by atoms with E-state index in [2.05, 4.69) is 15.4 Å². The second-order valence-electron chi connectivity index (χ2n) is 6.10. The number of hydrogen-bond donors (Lipinski definition) is 1. The minimum Gasteiger partial charge on any atom is -0.348 e. The van der Waals surface area contributed by atoms with E-state index >= 15 is 0 Å². The van der Waals surface area contributed by atoms with Gasteiger partial charge in [-0.1, -0.05) is 12.1 Å². The van der Waals surface area contributed by atoms with Crippen LogP contribution >= 0.6 is 0 Å². The van der Waals surface area contributed by atoms with Crippen molar-refractivity contribution >= 4 is 16.9 Å². The van der Waals surface area contributed by atoms with E-state index in [1.807, 2.05) is 0 Å². The quantitative estimate of drug-likeness (QED) is 0.775.